The number of amides is 1. The molecule has 2 aromatic carbocycles. The van der Waals surface area contributed by atoms with E-state index in [2.05, 4.69) is 33.0 Å². The van der Waals surface area contributed by atoms with Crippen molar-refractivity contribution in [2.24, 2.45) is 70.5 Å². The summed E-state index contributed by atoms with van der Waals surface area (Å²) in [5.41, 5.74) is -1.83. The molecule has 104 heavy (non-hydrogen) atoms. The third kappa shape index (κ3) is 12.8. The largest absolute Gasteiger partial charge is 0.463 e. The van der Waals surface area contributed by atoms with E-state index in [1.165, 1.54) is 0 Å². The molecule has 27 heteroatoms. The highest BCUT2D eigenvalue weighted by atomic mass is 17.3. The molecule has 2 aromatic rings. The van der Waals surface area contributed by atoms with E-state index < -0.39 is 195 Å². The maximum absolute atomic E-state index is 14.6. The first-order valence-corrected chi connectivity index (χ1v) is 37.9. The molecule has 27 nitrogen and oxygen atoms in total. The summed E-state index contributed by atoms with van der Waals surface area (Å²) in [5, 5.41) is 2.72. The van der Waals surface area contributed by atoms with Crippen LogP contribution in [0.4, 0.5) is 4.79 Å². The number of alkyl carbamates (subject to hydrolysis) is 1. The molecule has 12 heterocycles. The average molecular weight is 1460 g/mol. The van der Waals surface area contributed by atoms with Crippen molar-refractivity contribution in [3.8, 4) is 11.1 Å². The van der Waals surface area contributed by atoms with Crippen LogP contribution in [0.15, 0.2) is 48.5 Å². The number of nitrogens with one attached hydrogen (secondary N) is 1. The summed E-state index contributed by atoms with van der Waals surface area (Å²) in [5.74, 6) is -9.27. The predicted molar refractivity (Wildman–Crippen MR) is 355 cm³/mol. The fourth-order valence-corrected chi connectivity index (χ4v) is 20.4. The number of esters is 6. The number of benzene rings is 2. The van der Waals surface area contributed by atoms with Gasteiger partial charge in [0.25, 0.3) is 0 Å². The van der Waals surface area contributed by atoms with Crippen molar-refractivity contribution >= 4 is 41.9 Å². The van der Waals surface area contributed by atoms with E-state index in [4.69, 9.17) is 90.9 Å². The number of rotatable bonds is 21. The molecule has 0 radical (unpaired) electrons. The number of carbonyl (C=O) groups is 7. The lowest BCUT2D eigenvalue weighted by atomic mass is 9.50. The van der Waals surface area contributed by atoms with Gasteiger partial charge in [0, 0.05) is 60.2 Å². The van der Waals surface area contributed by atoms with Crippen molar-refractivity contribution in [2.45, 2.75) is 268 Å². The van der Waals surface area contributed by atoms with E-state index in [1.54, 1.807) is 20.8 Å². The molecular formula is C77H101NO26. The molecule has 0 unspecified atom stereocenters. The summed E-state index contributed by atoms with van der Waals surface area (Å²) >= 11 is 0. The molecule has 3 saturated carbocycles. The molecule has 1 N–H and O–H groups in total. The molecule has 15 fully saturated rings. The Kier molecular flexibility index (Phi) is 19.8. The molecule has 6 bridgehead atoms. The van der Waals surface area contributed by atoms with E-state index in [0.717, 1.165) is 73.6 Å². The average Bonchev–Trinajstić information content (AvgIpc) is 1.22. The van der Waals surface area contributed by atoms with Crippen LogP contribution in [-0.2, 0) is 120 Å². The van der Waals surface area contributed by atoms with Gasteiger partial charge in [-0.25, -0.2) is 34.1 Å². The SMILES string of the molecule is C[C@H]1[C@H](OC(=O)CCC(=O)OCC(COC(=O)CCC(=O)O[C@@H]2O[C@@H]3O[C@]4(C)CC[C@H]5[C@H](C)CC[C@@H]([C@H]2C)[C@@]35OO4)(COC(=O)CCC(=O)O[C@@H]2O[C@@H]3O[C@]4(C)CC[C@H]5[C@H](C)CC[C@@](C)([C@H]2C)[C@@]35OO4)NC(=O)OCC2c3ccccc3-c3ccccc32)O[C@@H]2O[C@]3(C)CC[C@H]4[C@H](C)CC[C@@H]1[C@@]24OO3. The standard InChI is InChI=1S/C77H101NO26/c1-41-19-21-55-44(4)63(93-66-75(55)52(41)30-34-71(8,96-66)99-102-75)90-60(82)26-23-57(79)87-38-74(78-69(85)86-37-51-49-17-13-11-15-47(49)48-16-12-14-18-50(48)51,39-88-58(80)24-27-61(83)91-64-45(5)56-22-20-42(2)53-31-35-72(9)97-67(94-64)76(53,56)103-100-72)40-89-59(81)25-28-62(84)92-65-46(6)70(7)33-29-43(3)54-32-36-73(10)98-68(95-65)77(54,70)104-101-73/h11-18,41-46,51-56,63-68H,19-40H2,1-10H3,(H,78,85)/t41-,42-,43-,44-,45-,46+,52+,53+,54+,55+,56+,63-,64-,65-,66-,67-,68-,70+,71+,72+,73+,75-,76-,77+/m1/s1. The van der Waals surface area contributed by atoms with E-state index in [9.17, 15) is 33.6 Å². The van der Waals surface area contributed by atoms with Gasteiger partial charge in [0.15, 0.2) is 35.7 Å². The Labute approximate surface area is 605 Å². The fourth-order valence-electron chi connectivity index (χ4n) is 20.4. The van der Waals surface area contributed by atoms with Crippen molar-refractivity contribution in [1.29, 1.82) is 0 Å². The highest BCUT2D eigenvalue weighted by Crippen LogP contribution is 2.67. The van der Waals surface area contributed by atoms with Gasteiger partial charge < -0.3 is 66.9 Å². The Hall–Kier alpha value is -5.95. The number of carbonyl (C=O) groups excluding carboxylic acids is 7. The molecule has 12 aliphatic heterocycles. The maximum atomic E-state index is 14.6. The summed E-state index contributed by atoms with van der Waals surface area (Å²) in [6.45, 7) is 17.1. The van der Waals surface area contributed by atoms with Gasteiger partial charge in [-0.3, -0.25) is 28.8 Å². The van der Waals surface area contributed by atoms with Gasteiger partial charge in [-0.2, -0.15) is 0 Å². The van der Waals surface area contributed by atoms with Gasteiger partial charge in [-0.15, -0.1) is 0 Å². The van der Waals surface area contributed by atoms with Crippen LogP contribution in [0.25, 0.3) is 11.1 Å². The monoisotopic (exact) mass is 1460 g/mol. The van der Waals surface area contributed by atoms with Crippen LogP contribution in [0.5, 0.6) is 0 Å². The Balaban J connectivity index is 0.640. The first-order chi connectivity index (χ1) is 49.6. The van der Waals surface area contributed by atoms with Crippen LogP contribution < -0.4 is 5.32 Å². The molecule has 3 spiro atoms. The minimum absolute atomic E-state index is 0.0366. The molecule has 1 amide bonds. The number of ether oxygens (including phenoxy) is 13. The molecule has 4 aliphatic carbocycles. The first kappa shape index (κ1) is 73.6. The second-order valence-electron chi connectivity index (χ2n) is 33.1. The maximum Gasteiger partial charge on any atom is 0.407 e. The highest BCUT2D eigenvalue weighted by molar-refractivity contribution is 5.81. The Bertz CT molecular complexity index is 3470. The summed E-state index contributed by atoms with van der Waals surface area (Å²) in [6, 6.07) is 15.5. The van der Waals surface area contributed by atoms with Crippen molar-refractivity contribution in [1.82, 2.24) is 5.32 Å². The number of fused-ring (bicyclic) bond motifs is 9. The van der Waals surface area contributed by atoms with Crippen LogP contribution in [0, 0.1) is 70.5 Å². The molecular weight excluding hydrogens is 1350 g/mol. The van der Waals surface area contributed by atoms with Crippen LogP contribution in [0.1, 0.15) is 202 Å². The normalized spacial score (nSPS) is 42.3. The van der Waals surface area contributed by atoms with Crippen LogP contribution in [0.2, 0.25) is 0 Å². The Morgan fingerprint density at radius 3 is 1.32 bits per heavy atom. The zero-order valence-corrected chi connectivity index (χ0v) is 61.2. The van der Waals surface area contributed by atoms with Crippen LogP contribution in [-0.4, -0.2) is 146 Å². The summed E-state index contributed by atoms with van der Waals surface area (Å²) in [7, 11) is 0. The van der Waals surface area contributed by atoms with E-state index in [-0.39, 0.29) is 54.0 Å². The number of hydrogen-bond donors (Lipinski definition) is 1. The van der Waals surface area contributed by atoms with Gasteiger partial charge in [-0.1, -0.05) is 97.0 Å². The predicted octanol–water partition coefficient (Wildman–Crippen LogP) is 10.9. The van der Waals surface area contributed by atoms with Crippen LogP contribution >= 0.6 is 0 Å². The van der Waals surface area contributed by atoms with Gasteiger partial charge in [0.05, 0.1) is 38.5 Å². The quantitative estimate of drug-likeness (QED) is 0.0689. The van der Waals surface area contributed by atoms with Gasteiger partial charge in [0.1, 0.15) is 32.0 Å². The molecule has 0 aromatic heterocycles. The molecule has 24 atom stereocenters. The zero-order valence-electron chi connectivity index (χ0n) is 61.2. The van der Waals surface area contributed by atoms with E-state index in [0.29, 0.717) is 37.5 Å². The summed E-state index contributed by atoms with van der Waals surface area (Å²) < 4.78 is 80.6. The highest BCUT2D eigenvalue weighted by Gasteiger charge is 2.76. The Morgan fingerprint density at radius 1 is 0.433 bits per heavy atom. The molecule has 18 rings (SSSR count). The minimum atomic E-state index is -2.15. The van der Waals surface area contributed by atoms with Crippen molar-refractivity contribution in [2.75, 3.05) is 26.4 Å². The topological polar surface area (TPSA) is 307 Å². The van der Waals surface area contributed by atoms with Crippen molar-refractivity contribution in [3.63, 3.8) is 0 Å². The fraction of sp³-hybridized carbons (Fsp3) is 0.753. The third-order valence-corrected chi connectivity index (χ3v) is 26.7. The Morgan fingerprint density at radius 2 is 0.837 bits per heavy atom. The van der Waals surface area contributed by atoms with Gasteiger partial charge in [-0.05, 0) is 136 Å². The lowest BCUT2D eigenvalue weighted by Gasteiger charge is -2.65. The molecule has 570 valence electrons. The number of hydrogen-bond acceptors (Lipinski definition) is 26. The van der Waals surface area contributed by atoms with E-state index in [1.807, 2.05) is 69.3 Å². The summed E-state index contributed by atoms with van der Waals surface area (Å²) in [4.78, 5) is 136. The minimum Gasteiger partial charge on any atom is -0.463 e. The second kappa shape index (κ2) is 27.9. The second-order valence-corrected chi connectivity index (χ2v) is 33.1. The third-order valence-electron chi connectivity index (χ3n) is 26.7. The lowest BCUT2D eigenvalue weighted by molar-refractivity contribution is -0.586. The smallest absolute Gasteiger partial charge is 0.407 e. The first-order valence-electron chi connectivity index (χ1n) is 37.9. The van der Waals surface area contributed by atoms with Crippen LogP contribution in [0.3, 0.4) is 0 Å². The van der Waals surface area contributed by atoms with Crippen molar-refractivity contribution < 1.29 is 124 Å². The van der Waals surface area contributed by atoms with Gasteiger partial charge >= 0.3 is 41.9 Å². The lowest BCUT2D eigenvalue weighted by Crippen LogP contribution is -2.74. The van der Waals surface area contributed by atoms with E-state index >= 15 is 0 Å². The van der Waals surface area contributed by atoms with Gasteiger partial charge in [0.2, 0.25) is 36.2 Å². The summed E-state index contributed by atoms with van der Waals surface area (Å²) in [6.07, 6.45) is -1.04. The molecule has 16 aliphatic rings. The molecule has 12 saturated heterocycles. The zero-order chi connectivity index (χ0) is 73.1. The van der Waals surface area contributed by atoms with Crippen molar-refractivity contribution in [3.05, 3.63) is 59.7 Å².